The third-order valence-corrected chi connectivity index (χ3v) is 7.45. The summed E-state index contributed by atoms with van der Waals surface area (Å²) in [7, 11) is 0. The zero-order valence-electron chi connectivity index (χ0n) is 17.6. The highest BCUT2D eigenvalue weighted by Crippen LogP contribution is 2.40. The number of amides is 2. The van der Waals surface area contributed by atoms with Crippen LogP contribution in [0.4, 0.5) is 5.00 Å². The van der Waals surface area contributed by atoms with Crippen molar-refractivity contribution in [1.82, 2.24) is 4.90 Å². The van der Waals surface area contributed by atoms with E-state index in [2.05, 4.69) is 12.2 Å². The number of fused-ring (bicyclic) bond motifs is 1. The van der Waals surface area contributed by atoms with E-state index in [9.17, 15) is 14.4 Å². The summed E-state index contributed by atoms with van der Waals surface area (Å²) in [5.41, 5.74) is 1.53. The number of nitrogens with zero attached hydrogens (tertiary/aromatic N) is 1. The SMILES string of the molecule is CCCC(=O)N1CSCC1C(=O)Nc1sc2c(c1C(=O)OC(C)C)CCC(C)C2. The third kappa shape index (κ3) is 4.97. The molecule has 1 fully saturated rings. The zero-order chi connectivity index (χ0) is 21.1. The maximum atomic E-state index is 13.0. The first-order chi connectivity index (χ1) is 13.8. The van der Waals surface area contributed by atoms with Crippen molar-refractivity contribution in [2.24, 2.45) is 5.92 Å². The van der Waals surface area contributed by atoms with Crippen molar-refractivity contribution in [2.75, 3.05) is 16.9 Å². The summed E-state index contributed by atoms with van der Waals surface area (Å²) in [6.07, 6.45) is 3.75. The van der Waals surface area contributed by atoms with Crippen molar-refractivity contribution in [3.05, 3.63) is 16.0 Å². The van der Waals surface area contributed by atoms with Gasteiger partial charge in [-0.3, -0.25) is 9.59 Å². The normalized spacial score (nSPS) is 21.2. The van der Waals surface area contributed by atoms with Gasteiger partial charge in [-0.25, -0.2) is 4.79 Å². The molecular formula is C21H30N2O4S2. The van der Waals surface area contributed by atoms with Gasteiger partial charge in [0.25, 0.3) is 0 Å². The smallest absolute Gasteiger partial charge is 0.341 e. The summed E-state index contributed by atoms with van der Waals surface area (Å²) >= 11 is 3.07. The van der Waals surface area contributed by atoms with E-state index in [0.29, 0.717) is 34.5 Å². The Morgan fingerprint density at radius 3 is 2.76 bits per heavy atom. The maximum Gasteiger partial charge on any atom is 0.341 e. The van der Waals surface area contributed by atoms with Crippen LogP contribution in [0, 0.1) is 5.92 Å². The molecule has 1 aliphatic carbocycles. The average Bonchev–Trinajstić information content (AvgIpc) is 3.25. The lowest BCUT2D eigenvalue weighted by atomic mass is 9.88. The first kappa shape index (κ1) is 22.2. The van der Waals surface area contributed by atoms with Gasteiger partial charge in [0.05, 0.1) is 17.5 Å². The van der Waals surface area contributed by atoms with E-state index in [1.165, 1.54) is 11.3 Å². The second-order valence-corrected chi connectivity index (χ2v) is 10.2. The molecule has 1 aromatic heterocycles. The highest BCUT2D eigenvalue weighted by Gasteiger charge is 2.36. The Morgan fingerprint density at radius 1 is 1.31 bits per heavy atom. The Morgan fingerprint density at radius 2 is 2.07 bits per heavy atom. The minimum Gasteiger partial charge on any atom is -0.459 e. The lowest BCUT2D eigenvalue weighted by Gasteiger charge is -2.23. The van der Waals surface area contributed by atoms with Crippen LogP contribution in [0.1, 0.15) is 67.8 Å². The molecule has 6 nitrogen and oxygen atoms in total. The number of hydrogen-bond donors (Lipinski definition) is 1. The number of hydrogen-bond acceptors (Lipinski definition) is 6. The monoisotopic (exact) mass is 438 g/mol. The second kappa shape index (κ2) is 9.51. The molecule has 8 heteroatoms. The molecule has 0 bridgehead atoms. The number of esters is 1. The van der Waals surface area contributed by atoms with Gasteiger partial charge in [0, 0.05) is 17.1 Å². The van der Waals surface area contributed by atoms with Crippen molar-refractivity contribution in [2.45, 2.75) is 71.9 Å². The van der Waals surface area contributed by atoms with E-state index in [1.54, 1.807) is 16.7 Å². The molecule has 1 aliphatic heterocycles. The van der Waals surface area contributed by atoms with Gasteiger partial charge in [0.2, 0.25) is 11.8 Å². The molecule has 29 heavy (non-hydrogen) atoms. The fourth-order valence-electron chi connectivity index (χ4n) is 3.79. The Hall–Kier alpha value is -1.54. The van der Waals surface area contributed by atoms with Crippen LogP contribution >= 0.6 is 23.1 Å². The predicted octanol–water partition coefficient (Wildman–Crippen LogP) is 4.08. The van der Waals surface area contributed by atoms with E-state index in [0.717, 1.165) is 36.1 Å². The van der Waals surface area contributed by atoms with Crippen molar-refractivity contribution >= 4 is 45.9 Å². The molecule has 3 rings (SSSR count). The molecule has 0 saturated carbocycles. The van der Waals surface area contributed by atoms with E-state index in [1.807, 2.05) is 20.8 Å². The van der Waals surface area contributed by atoms with Crippen molar-refractivity contribution in [3.8, 4) is 0 Å². The molecule has 160 valence electrons. The van der Waals surface area contributed by atoms with Crippen molar-refractivity contribution < 1.29 is 19.1 Å². The fourth-order valence-corrected chi connectivity index (χ4v) is 6.37. The maximum absolute atomic E-state index is 13.0. The van der Waals surface area contributed by atoms with E-state index in [-0.39, 0.29) is 23.9 Å². The zero-order valence-corrected chi connectivity index (χ0v) is 19.2. The molecule has 2 atom stereocenters. The number of carbonyl (C=O) groups excluding carboxylic acids is 3. The molecule has 0 spiro atoms. The van der Waals surface area contributed by atoms with Crippen molar-refractivity contribution in [1.29, 1.82) is 0 Å². The molecule has 2 amide bonds. The number of anilines is 1. The fraction of sp³-hybridized carbons (Fsp3) is 0.667. The minimum absolute atomic E-state index is 0.0105. The largest absolute Gasteiger partial charge is 0.459 e. The van der Waals surface area contributed by atoms with Crippen LogP contribution in [0.25, 0.3) is 0 Å². The Balaban J connectivity index is 1.85. The van der Waals surface area contributed by atoms with Crippen molar-refractivity contribution in [3.63, 3.8) is 0 Å². The molecule has 1 saturated heterocycles. The number of nitrogens with one attached hydrogen (secondary N) is 1. The molecular weight excluding hydrogens is 408 g/mol. The quantitative estimate of drug-likeness (QED) is 0.678. The number of thiophene rings is 1. The lowest BCUT2D eigenvalue weighted by Crippen LogP contribution is -2.44. The number of carbonyl (C=O) groups is 3. The standard InChI is InChI=1S/C21H30N2O4S2/c1-5-6-17(24)23-11-28-10-15(23)19(25)22-20-18(21(26)27-12(2)3)14-8-7-13(4)9-16(14)29-20/h12-13,15H,5-11H2,1-4H3,(H,22,25). The molecule has 2 aliphatic rings. The van der Waals surface area contributed by atoms with Crippen LogP contribution in [0.2, 0.25) is 0 Å². The highest BCUT2D eigenvalue weighted by atomic mass is 32.2. The minimum atomic E-state index is -0.494. The molecule has 0 radical (unpaired) electrons. The summed E-state index contributed by atoms with van der Waals surface area (Å²) in [6, 6.07) is -0.494. The van der Waals surface area contributed by atoms with Crippen LogP contribution in [-0.4, -0.2) is 46.5 Å². The van der Waals surface area contributed by atoms with E-state index in [4.69, 9.17) is 4.74 Å². The van der Waals surface area contributed by atoms with Crippen LogP contribution in [0.3, 0.4) is 0 Å². The van der Waals surface area contributed by atoms with Crippen LogP contribution in [-0.2, 0) is 27.2 Å². The summed E-state index contributed by atoms with van der Waals surface area (Å²) in [5, 5.41) is 3.55. The van der Waals surface area contributed by atoms with E-state index < -0.39 is 6.04 Å². The second-order valence-electron chi connectivity index (χ2n) is 8.13. The summed E-state index contributed by atoms with van der Waals surface area (Å²) in [5.74, 6) is 1.10. The first-order valence-electron chi connectivity index (χ1n) is 10.3. The van der Waals surface area contributed by atoms with Gasteiger partial charge in [0.1, 0.15) is 11.0 Å². The number of ether oxygens (including phenoxy) is 1. The van der Waals surface area contributed by atoms with Crippen LogP contribution in [0.5, 0.6) is 0 Å². The Bertz CT molecular complexity index is 790. The topological polar surface area (TPSA) is 75.7 Å². The molecule has 1 aromatic rings. The lowest BCUT2D eigenvalue weighted by molar-refractivity contribution is -0.136. The average molecular weight is 439 g/mol. The van der Waals surface area contributed by atoms with E-state index >= 15 is 0 Å². The first-order valence-corrected chi connectivity index (χ1v) is 12.3. The summed E-state index contributed by atoms with van der Waals surface area (Å²) < 4.78 is 5.47. The Labute approximate surface area is 180 Å². The molecule has 2 unspecified atom stereocenters. The van der Waals surface area contributed by atoms with Gasteiger partial charge in [-0.2, -0.15) is 0 Å². The van der Waals surface area contributed by atoms with Gasteiger partial charge >= 0.3 is 5.97 Å². The molecule has 0 aromatic carbocycles. The predicted molar refractivity (Wildman–Crippen MR) is 118 cm³/mol. The molecule has 1 N–H and O–H groups in total. The van der Waals surface area contributed by atoms with Gasteiger partial charge in [0.15, 0.2) is 0 Å². The highest BCUT2D eigenvalue weighted by molar-refractivity contribution is 7.99. The Kier molecular flexibility index (Phi) is 7.27. The number of rotatable bonds is 6. The number of thioether (sulfide) groups is 1. The third-order valence-electron chi connectivity index (χ3n) is 5.26. The summed E-state index contributed by atoms with van der Waals surface area (Å²) in [4.78, 5) is 41.0. The van der Waals surface area contributed by atoms with Gasteiger partial charge < -0.3 is 15.0 Å². The van der Waals surface area contributed by atoms with Gasteiger partial charge in [-0.05, 0) is 51.0 Å². The van der Waals surface area contributed by atoms with Crippen LogP contribution < -0.4 is 5.32 Å². The van der Waals surface area contributed by atoms with Gasteiger partial charge in [-0.15, -0.1) is 23.1 Å². The van der Waals surface area contributed by atoms with Gasteiger partial charge in [-0.1, -0.05) is 13.8 Å². The summed E-state index contributed by atoms with van der Waals surface area (Å²) in [6.45, 7) is 7.81. The molecule has 2 heterocycles. The van der Waals surface area contributed by atoms with Crippen LogP contribution in [0.15, 0.2) is 0 Å².